The number of aromatic nitrogens is 1. The number of nitrogens with zero attached hydrogens (tertiary/aromatic N) is 2. The van der Waals surface area contributed by atoms with Crippen LogP contribution in [-0.2, 0) is 9.53 Å². The molecule has 0 aliphatic rings. The number of carbonyl (C=O) groups is 1. The van der Waals surface area contributed by atoms with Crippen molar-refractivity contribution in [3.8, 4) is 0 Å². The van der Waals surface area contributed by atoms with Crippen LogP contribution >= 0.6 is 34.5 Å². The Morgan fingerprint density at radius 2 is 2.14 bits per heavy atom. The van der Waals surface area contributed by atoms with Crippen molar-refractivity contribution in [3.05, 3.63) is 39.3 Å². The van der Waals surface area contributed by atoms with E-state index in [0.29, 0.717) is 26.6 Å². The van der Waals surface area contributed by atoms with Crippen molar-refractivity contribution in [1.29, 1.82) is 0 Å². The zero-order chi connectivity index (χ0) is 16.1. The Bertz CT molecular complexity index is 698. The van der Waals surface area contributed by atoms with E-state index in [-0.39, 0.29) is 12.3 Å². The molecule has 0 aliphatic heterocycles. The van der Waals surface area contributed by atoms with Gasteiger partial charge in [-0.25, -0.2) is 9.78 Å². The minimum atomic E-state index is -0.622. The molecule has 0 unspecified atom stereocenters. The van der Waals surface area contributed by atoms with E-state index in [4.69, 9.17) is 33.7 Å². The zero-order valence-electron chi connectivity index (χ0n) is 11.5. The Hall–Kier alpha value is -1.83. The van der Waals surface area contributed by atoms with Crippen LogP contribution in [0.15, 0.2) is 28.7 Å². The SMILES string of the molecule is CCOC(=O)/C(=N/Nc1c(Cl)cccc1Cl)c1csc(N)n1. The first-order valence-electron chi connectivity index (χ1n) is 6.19. The number of hydrazone groups is 1. The lowest BCUT2D eigenvalue weighted by Crippen LogP contribution is -2.20. The van der Waals surface area contributed by atoms with Crippen LogP contribution in [0.2, 0.25) is 10.0 Å². The fraction of sp³-hybridized carbons (Fsp3) is 0.154. The van der Waals surface area contributed by atoms with Crippen LogP contribution in [0.3, 0.4) is 0 Å². The number of hydrogen-bond acceptors (Lipinski definition) is 7. The first-order chi connectivity index (χ1) is 10.5. The molecule has 0 saturated heterocycles. The monoisotopic (exact) mass is 358 g/mol. The van der Waals surface area contributed by atoms with Gasteiger partial charge in [0.1, 0.15) is 5.69 Å². The molecule has 0 fully saturated rings. The number of carbonyl (C=O) groups excluding carboxylic acids is 1. The fourth-order valence-electron chi connectivity index (χ4n) is 1.52. The molecule has 6 nitrogen and oxygen atoms in total. The number of hydrogen-bond donors (Lipinski definition) is 2. The number of esters is 1. The number of nitrogens with one attached hydrogen (secondary N) is 1. The Morgan fingerprint density at radius 3 is 2.68 bits per heavy atom. The van der Waals surface area contributed by atoms with E-state index >= 15 is 0 Å². The third-order valence-electron chi connectivity index (χ3n) is 2.48. The molecule has 0 atom stereocenters. The summed E-state index contributed by atoms with van der Waals surface area (Å²) in [5, 5.41) is 6.71. The van der Waals surface area contributed by atoms with Crippen molar-refractivity contribution in [2.75, 3.05) is 17.8 Å². The summed E-state index contributed by atoms with van der Waals surface area (Å²) in [5.74, 6) is -0.622. The second kappa shape index (κ2) is 7.44. The number of para-hydroxylation sites is 1. The summed E-state index contributed by atoms with van der Waals surface area (Å²) >= 11 is 13.3. The van der Waals surface area contributed by atoms with Gasteiger partial charge in [0.05, 0.1) is 22.3 Å². The van der Waals surface area contributed by atoms with Crippen LogP contribution in [0, 0.1) is 0 Å². The third-order valence-corrected chi connectivity index (χ3v) is 3.78. The van der Waals surface area contributed by atoms with Crippen molar-refractivity contribution < 1.29 is 9.53 Å². The normalized spacial score (nSPS) is 11.3. The molecule has 0 bridgehead atoms. The molecule has 0 radical (unpaired) electrons. The second-order valence-corrected chi connectivity index (χ2v) is 5.66. The highest BCUT2D eigenvalue weighted by atomic mass is 35.5. The molecule has 9 heteroatoms. The molecule has 2 aromatic rings. The number of halogens is 2. The third kappa shape index (κ3) is 3.88. The highest BCUT2D eigenvalue weighted by Crippen LogP contribution is 2.29. The molecular formula is C13H12Cl2N4O2S. The molecule has 1 aromatic heterocycles. The molecule has 22 heavy (non-hydrogen) atoms. The summed E-state index contributed by atoms with van der Waals surface area (Å²) in [5.41, 5.74) is 8.95. The smallest absolute Gasteiger partial charge is 0.361 e. The molecular weight excluding hydrogens is 347 g/mol. The second-order valence-electron chi connectivity index (χ2n) is 3.96. The number of thiazole rings is 1. The summed E-state index contributed by atoms with van der Waals surface area (Å²) in [6.45, 7) is 1.91. The molecule has 2 rings (SSSR count). The standard InChI is InChI=1S/C13H12Cl2N4O2S/c1-2-21-12(20)11(9-6-22-13(16)17-9)19-18-10-7(14)4-3-5-8(10)15/h3-6,18H,2H2,1H3,(H2,16,17)/b19-11+. The summed E-state index contributed by atoms with van der Waals surface area (Å²) in [6.07, 6.45) is 0. The van der Waals surface area contributed by atoms with E-state index in [1.807, 2.05) is 0 Å². The zero-order valence-corrected chi connectivity index (χ0v) is 13.8. The number of benzene rings is 1. The maximum atomic E-state index is 12.0. The van der Waals surface area contributed by atoms with Gasteiger partial charge in [-0.2, -0.15) is 5.10 Å². The Labute approximate surface area is 140 Å². The first kappa shape index (κ1) is 16.5. The molecule has 0 amide bonds. The van der Waals surface area contributed by atoms with Gasteiger partial charge in [0.15, 0.2) is 10.8 Å². The van der Waals surface area contributed by atoms with E-state index in [1.165, 1.54) is 11.3 Å². The van der Waals surface area contributed by atoms with Crippen molar-refractivity contribution >= 4 is 57.0 Å². The Morgan fingerprint density at radius 1 is 1.45 bits per heavy atom. The molecule has 0 spiro atoms. The van der Waals surface area contributed by atoms with Gasteiger partial charge < -0.3 is 10.5 Å². The molecule has 1 aromatic carbocycles. The molecule has 0 aliphatic carbocycles. The maximum absolute atomic E-state index is 12.0. The lowest BCUT2D eigenvalue weighted by Gasteiger charge is -2.08. The van der Waals surface area contributed by atoms with Crippen LogP contribution in [0.1, 0.15) is 12.6 Å². The number of ether oxygens (including phenoxy) is 1. The van der Waals surface area contributed by atoms with E-state index in [0.717, 1.165) is 0 Å². The number of rotatable bonds is 5. The minimum Gasteiger partial charge on any atom is -0.461 e. The lowest BCUT2D eigenvalue weighted by molar-refractivity contribution is -0.134. The maximum Gasteiger partial charge on any atom is 0.361 e. The van der Waals surface area contributed by atoms with E-state index < -0.39 is 5.97 Å². The van der Waals surface area contributed by atoms with Gasteiger partial charge >= 0.3 is 5.97 Å². The van der Waals surface area contributed by atoms with E-state index in [9.17, 15) is 4.79 Å². The average Bonchev–Trinajstić information content (AvgIpc) is 2.88. The van der Waals surface area contributed by atoms with Gasteiger partial charge in [-0.05, 0) is 19.1 Å². The van der Waals surface area contributed by atoms with Gasteiger partial charge in [-0.15, -0.1) is 11.3 Å². The first-order valence-corrected chi connectivity index (χ1v) is 7.82. The number of anilines is 2. The van der Waals surface area contributed by atoms with Gasteiger partial charge in [-0.1, -0.05) is 29.3 Å². The van der Waals surface area contributed by atoms with Crippen LogP contribution in [0.4, 0.5) is 10.8 Å². The van der Waals surface area contributed by atoms with Crippen LogP contribution in [-0.4, -0.2) is 23.3 Å². The molecule has 116 valence electrons. The van der Waals surface area contributed by atoms with Gasteiger partial charge in [0.25, 0.3) is 0 Å². The minimum absolute atomic E-state index is 0.00853. The van der Waals surface area contributed by atoms with Crippen molar-refractivity contribution in [2.45, 2.75) is 6.92 Å². The van der Waals surface area contributed by atoms with E-state index in [2.05, 4.69) is 15.5 Å². The Balaban J connectivity index is 2.34. The molecule has 3 N–H and O–H groups in total. The van der Waals surface area contributed by atoms with Crippen LogP contribution < -0.4 is 11.2 Å². The molecule has 1 heterocycles. The van der Waals surface area contributed by atoms with Gasteiger partial charge in [0, 0.05) is 5.38 Å². The van der Waals surface area contributed by atoms with Crippen LogP contribution in [0.25, 0.3) is 0 Å². The highest BCUT2D eigenvalue weighted by molar-refractivity contribution is 7.13. The predicted molar refractivity (Wildman–Crippen MR) is 89.8 cm³/mol. The fourth-order valence-corrected chi connectivity index (χ4v) is 2.55. The van der Waals surface area contributed by atoms with Crippen molar-refractivity contribution in [2.24, 2.45) is 5.10 Å². The van der Waals surface area contributed by atoms with Crippen molar-refractivity contribution in [3.63, 3.8) is 0 Å². The van der Waals surface area contributed by atoms with Crippen LogP contribution in [0.5, 0.6) is 0 Å². The average molecular weight is 359 g/mol. The quantitative estimate of drug-likeness (QED) is 0.485. The highest BCUT2D eigenvalue weighted by Gasteiger charge is 2.19. The Kier molecular flexibility index (Phi) is 5.59. The predicted octanol–water partition coefficient (Wildman–Crippen LogP) is 3.41. The summed E-state index contributed by atoms with van der Waals surface area (Å²) in [4.78, 5) is 16.0. The summed E-state index contributed by atoms with van der Waals surface area (Å²) < 4.78 is 4.96. The van der Waals surface area contributed by atoms with E-state index in [1.54, 1.807) is 30.5 Å². The van der Waals surface area contributed by atoms with Gasteiger partial charge in [0.2, 0.25) is 0 Å². The summed E-state index contributed by atoms with van der Waals surface area (Å²) in [6, 6.07) is 5.00. The van der Waals surface area contributed by atoms with Crippen molar-refractivity contribution in [1.82, 2.24) is 4.98 Å². The number of nitrogens with two attached hydrogens (primary N) is 1. The largest absolute Gasteiger partial charge is 0.461 e. The van der Waals surface area contributed by atoms with Gasteiger partial charge in [-0.3, -0.25) is 5.43 Å². The topological polar surface area (TPSA) is 89.6 Å². The lowest BCUT2D eigenvalue weighted by atomic mass is 10.3. The number of nitrogen functional groups attached to an aromatic ring is 1. The summed E-state index contributed by atoms with van der Waals surface area (Å²) in [7, 11) is 0. The molecule has 0 saturated carbocycles.